The Kier molecular flexibility index (Phi) is 7.12. The molecule has 0 radical (unpaired) electrons. The number of hydrogen-bond donors (Lipinski definition) is 1. The van der Waals surface area contributed by atoms with E-state index in [1.54, 1.807) is 6.20 Å². The van der Waals surface area contributed by atoms with E-state index in [0.717, 1.165) is 31.2 Å². The van der Waals surface area contributed by atoms with Gasteiger partial charge < -0.3 is 10.6 Å². The third-order valence-corrected chi connectivity index (χ3v) is 4.05. The predicted molar refractivity (Wildman–Crippen MR) is 87.1 cm³/mol. The van der Waals surface area contributed by atoms with E-state index in [1.807, 2.05) is 23.2 Å². The van der Waals surface area contributed by atoms with Crippen LogP contribution in [0.2, 0.25) is 0 Å². The van der Waals surface area contributed by atoms with E-state index in [2.05, 4.69) is 18.8 Å². The Hall–Kier alpha value is -1.13. The van der Waals surface area contributed by atoms with Gasteiger partial charge in [-0.15, -0.1) is 12.4 Å². The molecule has 1 heterocycles. The molecule has 0 aliphatic heterocycles. The van der Waals surface area contributed by atoms with Crippen LogP contribution in [0, 0.1) is 5.92 Å². The zero-order chi connectivity index (χ0) is 14.5. The summed E-state index contributed by atoms with van der Waals surface area (Å²) in [5, 5.41) is 0. The molecule has 2 atom stereocenters. The van der Waals surface area contributed by atoms with Gasteiger partial charge in [-0.25, -0.2) is 0 Å². The van der Waals surface area contributed by atoms with Gasteiger partial charge in [0.2, 0.25) is 5.91 Å². The predicted octanol–water partition coefficient (Wildman–Crippen LogP) is 2.76. The van der Waals surface area contributed by atoms with Gasteiger partial charge in [-0.2, -0.15) is 0 Å². The highest BCUT2D eigenvalue weighted by atomic mass is 35.5. The molecule has 118 valence electrons. The number of aromatic nitrogens is 1. The largest absolute Gasteiger partial charge is 0.336 e. The van der Waals surface area contributed by atoms with E-state index >= 15 is 0 Å². The highest BCUT2D eigenvalue weighted by molar-refractivity contribution is 5.85. The summed E-state index contributed by atoms with van der Waals surface area (Å²) in [7, 11) is 0. The van der Waals surface area contributed by atoms with Crippen LogP contribution in [0.4, 0.5) is 0 Å². The van der Waals surface area contributed by atoms with Crippen LogP contribution < -0.4 is 5.73 Å². The van der Waals surface area contributed by atoms with Gasteiger partial charge in [0.05, 0.1) is 0 Å². The zero-order valence-electron chi connectivity index (χ0n) is 12.9. The molecule has 0 saturated heterocycles. The Balaban J connectivity index is 0.00000220. The molecule has 0 spiro atoms. The monoisotopic (exact) mass is 311 g/mol. The third kappa shape index (κ3) is 4.97. The van der Waals surface area contributed by atoms with Gasteiger partial charge in [-0.1, -0.05) is 12.5 Å². The van der Waals surface area contributed by atoms with Crippen molar-refractivity contribution in [2.75, 3.05) is 0 Å². The van der Waals surface area contributed by atoms with Crippen molar-refractivity contribution in [3.8, 4) is 0 Å². The van der Waals surface area contributed by atoms with Crippen LogP contribution >= 0.6 is 12.4 Å². The minimum Gasteiger partial charge on any atom is -0.336 e. The maximum Gasteiger partial charge on any atom is 0.226 e. The normalized spacial score (nSPS) is 21.7. The van der Waals surface area contributed by atoms with E-state index in [-0.39, 0.29) is 36.3 Å². The molecule has 2 rings (SSSR count). The summed E-state index contributed by atoms with van der Waals surface area (Å²) in [6.45, 7) is 4.77. The first-order valence-electron chi connectivity index (χ1n) is 7.53. The first-order chi connectivity index (χ1) is 9.58. The van der Waals surface area contributed by atoms with E-state index in [0.29, 0.717) is 6.54 Å². The van der Waals surface area contributed by atoms with Gasteiger partial charge in [0, 0.05) is 36.9 Å². The summed E-state index contributed by atoms with van der Waals surface area (Å²) in [5.74, 6) is 0.344. The first-order valence-corrected chi connectivity index (χ1v) is 7.53. The molecule has 4 nitrogen and oxygen atoms in total. The molecule has 21 heavy (non-hydrogen) atoms. The Labute approximate surface area is 133 Å². The van der Waals surface area contributed by atoms with Gasteiger partial charge in [-0.05, 0) is 44.7 Å². The standard InChI is InChI=1S/C16H25N3O.ClH/c1-12(2)19(11-13-5-4-8-18-10-13)16(20)14-6-3-7-15(17)9-14;/h4-5,8,10,12,14-15H,3,6-7,9,11,17H2,1-2H3;1H. The van der Waals surface area contributed by atoms with Crippen LogP contribution in [0.1, 0.15) is 45.1 Å². The van der Waals surface area contributed by atoms with Gasteiger partial charge in [0.25, 0.3) is 0 Å². The molecule has 1 fully saturated rings. The molecule has 5 heteroatoms. The summed E-state index contributed by atoms with van der Waals surface area (Å²) in [5.41, 5.74) is 7.09. The SMILES string of the molecule is CC(C)N(Cc1cccnc1)C(=O)C1CCCC(N)C1.Cl. The van der Waals surface area contributed by atoms with Crippen LogP contribution in [0.3, 0.4) is 0 Å². The Morgan fingerprint density at radius 2 is 2.24 bits per heavy atom. The quantitative estimate of drug-likeness (QED) is 0.930. The van der Waals surface area contributed by atoms with Crippen LogP contribution in [0.15, 0.2) is 24.5 Å². The second-order valence-electron chi connectivity index (χ2n) is 6.04. The number of pyridine rings is 1. The van der Waals surface area contributed by atoms with Crippen LogP contribution in [-0.4, -0.2) is 27.9 Å². The van der Waals surface area contributed by atoms with Gasteiger partial charge in [0.15, 0.2) is 0 Å². The lowest BCUT2D eigenvalue weighted by atomic mass is 9.85. The maximum absolute atomic E-state index is 12.7. The van der Waals surface area contributed by atoms with Gasteiger partial charge >= 0.3 is 0 Å². The fourth-order valence-corrected chi connectivity index (χ4v) is 2.89. The average molecular weight is 312 g/mol. The molecule has 0 aromatic carbocycles. The van der Waals surface area contributed by atoms with Crippen molar-refractivity contribution in [3.63, 3.8) is 0 Å². The van der Waals surface area contributed by atoms with Gasteiger partial charge in [-0.3, -0.25) is 9.78 Å². The van der Waals surface area contributed by atoms with Crippen LogP contribution in [0.5, 0.6) is 0 Å². The summed E-state index contributed by atoms with van der Waals surface area (Å²) in [6.07, 6.45) is 7.50. The number of amides is 1. The number of nitrogens with zero attached hydrogens (tertiary/aromatic N) is 2. The van der Waals surface area contributed by atoms with E-state index in [4.69, 9.17) is 5.73 Å². The number of rotatable bonds is 4. The zero-order valence-corrected chi connectivity index (χ0v) is 13.7. The second-order valence-corrected chi connectivity index (χ2v) is 6.04. The lowest BCUT2D eigenvalue weighted by molar-refractivity contribution is -0.139. The second kappa shape index (κ2) is 8.35. The van der Waals surface area contributed by atoms with Crippen molar-refractivity contribution in [1.29, 1.82) is 0 Å². The van der Waals surface area contributed by atoms with Crippen molar-refractivity contribution in [3.05, 3.63) is 30.1 Å². The lowest BCUT2D eigenvalue weighted by Crippen LogP contribution is -2.43. The number of hydrogen-bond acceptors (Lipinski definition) is 3. The number of nitrogens with two attached hydrogens (primary N) is 1. The molecule has 1 saturated carbocycles. The molecule has 0 bridgehead atoms. The fraction of sp³-hybridized carbons (Fsp3) is 0.625. The van der Waals surface area contributed by atoms with Crippen molar-refractivity contribution in [1.82, 2.24) is 9.88 Å². The summed E-state index contributed by atoms with van der Waals surface area (Å²) in [6, 6.07) is 4.31. The van der Waals surface area contributed by atoms with Gasteiger partial charge in [0.1, 0.15) is 0 Å². The molecule has 1 aromatic rings. The minimum absolute atomic E-state index is 0. The van der Waals surface area contributed by atoms with Crippen molar-refractivity contribution in [2.24, 2.45) is 11.7 Å². The number of carbonyl (C=O) groups is 1. The van der Waals surface area contributed by atoms with E-state index in [9.17, 15) is 4.79 Å². The third-order valence-electron chi connectivity index (χ3n) is 4.05. The number of carbonyl (C=O) groups excluding carboxylic acids is 1. The van der Waals surface area contributed by atoms with E-state index < -0.39 is 0 Å². The van der Waals surface area contributed by atoms with Crippen LogP contribution in [0.25, 0.3) is 0 Å². The molecule has 2 unspecified atom stereocenters. The molecular formula is C16H26ClN3O. The van der Waals surface area contributed by atoms with E-state index in [1.165, 1.54) is 0 Å². The Morgan fingerprint density at radius 3 is 2.81 bits per heavy atom. The lowest BCUT2D eigenvalue weighted by Gasteiger charge is -2.33. The van der Waals surface area contributed by atoms with Crippen molar-refractivity contribution >= 4 is 18.3 Å². The average Bonchev–Trinajstić information content (AvgIpc) is 2.45. The molecule has 1 aliphatic carbocycles. The topological polar surface area (TPSA) is 59.2 Å². The minimum atomic E-state index is 0. The summed E-state index contributed by atoms with van der Waals surface area (Å²) >= 11 is 0. The molecular weight excluding hydrogens is 286 g/mol. The summed E-state index contributed by atoms with van der Waals surface area (Å²) < 4.78 is 0. The molecule has 1 amide bonds. The highest BCUT2D eigenvalue weighted by Gasteiger charge is 2.30. The van der Waals surface area contributed by atoms with Crippen LogP contribution in [-0.2, 0) is 11.3 Å². The van der Waals surface area contributed by atoms with Crippen molar-refractivity contribution < 1.29 is 4.79 Å². The molecule has 1 aliphatic rings. The highest BCUT2D eigenvalue weighted by Crippen LogP contribution is 2.26. The number of halogens is 1. The maximum atomic E-state index is 12.7. The fourth-order valence-electron chi connectivity index (χ4n) is 2.89. The Bertz CT molecular complexity index is 438. The first kappa shape index (κ1) is 17.9. The smallest absolute Gasteiger partial charge is 0.226 e. The van der Waals surface area contributed by atoms with Crippen molar-refractivity contribution in [2.45, 2.75) is 58.2 Å². The molecule has 2 N–H and O–H groups in total. The summed E-state index contributed by atoms with van der Waals surface area (Å²) in [4.78, 5) is 18.8. The molecule has 1 aromatic heterocycles. The Morgan fingerprint density at radius 1 is 1.48 bits per heavy atom.